The molecule has 13 aromatic rings. The highest BCUT2D eigenvalue weighted by Crippen LogP contribution is 2.49. The van der Waals surface area contributed by atoms with Gasteiger partial charge < -0.3 is 9.13 Å². The summed E-state index contributed by atoms with van der Waals surface area (Å²) in [4.78, 5) is 0. The number of rotatable bonds is 4. The first-order valence-corrected chi connectivity index (χ1v) is 21.5. The summed E-state index contributed by atoms with van der Waals surface area (Å²) in [5, 5.41) is 12.7. The van der Waals surface area contributed by atoms with E-state index in [2.05, 4.69) is 228 Å². The molecule has 1 aliphatic rings. The number of fused-ring (bicyclic) bond motifs is 12. The first kappa shape index (κ1) is 33.6. The average Bonchev–Trinajstić information content (AvgIpc) is 3.97. The SMILES string of the molecule is c1ccc(-n2c3ccc(-c4ccc5c(c4)c4ccc6ccccc6c4n5-c4ccc(-c5cc6c7c(cccc7c5)-c5ccccc5-6)cc4)cc3c3cc4ccccc4cc32)cc1. The van der Waals surface area contributed by atoms with E-state index in [9.17, 15) is 0 Å². The minimum absolute atomic E-state index is 1.15. The molecule has 11 aromatic carbocycles. The highest BCUT2D eigenvalue weighted by Gasteiger charge is 2.22. The average molecular weight is 785 g/mol. The molecule has 2 heteroatoms. The summed E-state index contributed by atoms with van der Waals surface area (Å²) in [6.45, 7) is 0. The Kier molecular flexibility index (Phi) is 6.86. The number of benzene rings is 11. The van der Waals surface area contributed by atoms with E-state index in [0.29, 0.717) is 0 Å². The van der Waals surface area contributed by atoms with Gasteiger partial charge in [0.1, 0.15) is 0 Å². The molecule has 0 saturated heterocycles. The lowest BCUT2D eigenvalue weighted by Gasteiger charge is -2.12. The van der Waals surface area contributed by atoms with E-state index >= 15 is 0 Å². The van der Waals surface area contributed by atoms with Crippen LogP contribution in [0.15, 0.2) is 218 Å². The van der Waals surface area contributed by atoms with Crippen LogP contribution in [-0.4, -0.2) is 9.13 Å². The van der Waals surface area contributed by atoms with Crippen LogP contribution in [0.2, 0.25) is 0 Å². The Morgan fingerprint density at radius 1 is 0.242 bits per heavy atom. The zero-order valence-electron chi connectivity index (χ0n) is 33.7. The standard InChI is InChI=1S/C60H36N2/c1-2-15-45(16-3-1)61-56-29-24-42(34-53(56)54-32-39-12-4-5-13-40(39)36-58(54)61)41-25-30-57-52(33-41)51-28-23-38-11-6-7-17-47(38)60(51)62(57)46-26-21-37(22-27-46)44-31-43-14-10-20-50-48-18-8-9-19-49(48)55(35-44)59(43)50/h1-36H. The third-order valence-corrected chi connectivity index (χ3v) is 13.6. The van der Waals surface area contributed by atoms with Crippen molar-refractivity contribution >= 4 is 75.9 Å². The lowest BCUT2D eigenvalue weighted by molar-refractivity contribution is 1.18. The van der Waals surface area contributed by atoms with Gasteiger partial charge in [-0.2, -0.15) is 0 Å². The minimum atomic E-state index is 1.15. The van der Waals surface area contributed by atoms with Crippen LogP contribution in [0.1, 0.15) is 0 Å². The summed E-state index contributed by atoms with van der Waals surface area (Å²) in [6.07, 6.45) is 0. The molecule has 2 aromatic heterocycles. The number of aromatic nitrogens is 2. The van der Waals surface area contributed by atoms with E-state index in [-0.39, 0.29) is 0 Å². The van der Waals surface area contributed by atoms with Crippen molar-refractivity contribution in [3.8, 4) is 55.9 Å². The van der Waals surface area contributed by atoms with Crippen molar-refractivity contribution in [1.82, 2.24) is 9.13 Å². The van der Waals surface area contributed by atoms with Gasteiger partial charge in [0.25, 0.3) is 0 Å². The van der Waals surface area contributed by atoms with Crippen molar-refractivity contribution in [2.75, 3.05) is 0 Å². The second-order valence-corrected chi connectivity index (χ2v) is 16.9. The first-order chi connectivity index (χ1) is 30.7. The van der Waals surface area contributed by atoms with Crippen LogP contribution in [0.5, 0.6) is 0 Å². The molecule has 0 aliphatic heterocycles. The summed E-state index contributed by atoms with van der Waals surface area (Å²) in [5.74, 6) is 0. The van der Waals surface area contributed by atoms with E-state index in [1.807, 2.05) is 0 Å². The Balaban J connectivity index is 0.937. The normalized spacial score (nSPS) is 12.2. The topological polar surface area (TPSA) is 9.86 Å². The lowest BCUT2D eigenvalue weighted by Crippen LogP contribution is -1.95. The molecule has 0 spiro atoms. The van der Waals surface area contributed by atoms with Crippen LogP contribution in [0.25, 0.3) is 132 Å². The molecule has 0 amide bonds. The van der Waals surface area contributed by atoms with E-state index in [1.54, 1.807) is 0 Å². The van der Waals surface area contributed by atoms with Gasteiger partial charge in [0.15, 0.2) is 0 Å². The molecule has 0 unspecified atom stereocenters. The van der Waals surface area contributed by atoms with E-state index < -0.39 is 0 Å². The number of nitrogens with zero attached hydrogens (tertiary/aromatic N) is 2. The number of hydrogen-bond donors (Lipinski definition) is 0. The van der Waals surface area contributed by atoms with E-state index in [4.69, 9.17) is 0 Å². The largest absolute Gasteiger partial charge is 0.309 e. The second-order valence-electron chi connectivity index (χ2n) is 16.9. The zero-order valence-corrected chi connectivity index (χ0v) is 33.7. The predicted molar refractivity (Wildman–Crippen MR) is 263 cm³/mol. The van der Waals surface area contributed by atoms with Crippen LogP contribution in [0.4, 0.5) is 0 Å². The molecule has 0 N–H and O–H groups in total. The van der Waals surface area contributed by atoms with E-state index in [1.165, 1.54) is 126 Å². The van der Waals surface area contributed by atoms with Gasteiger partial charge in [0.05, 0.1) is 22.1 Å². The molecule has 286 valence electrons. The second kappa shape index (κ2) is 12.7. The summed E-state index contributed by atoms with van der Waals surface area (Å²) in [5.41, 5.74) is 17.4. The molecule has 1 aliphatic carbocycles. The van der Waals surface area contributed by atoms with Crippen molar-refractivity contribution < 1.29 is 0 Å². The van der Waals surface area contributed by atoms with Gasteiger partial charge in [0, 0.05) is 38.3 Å². The third kappa shape index (κ3) is 4.75. The molecule has 14 rings (SSSR count). The molecule has 2 nitrogen and oxygen atoms in total. The van der Waals surface area contributed by atoms with Crippen LogP contribution in [-0.2, 0) is 0 Å². The van der Waals surface area contributed by atoms with Gasteiger partial charge in [-0.15, -0.1) is 0 Å². The highest BCUT2D eigenvalue weighted by atomic mass is 15.0. The fraction of sp³-hybridized carbons (Fsp3) is 0. The van der Waals surface area contributed by atoms with Gasteiger partial charge in [0.2, 0.25) is 0 Å². The molecule has 0 radical (unpaired) electrons. The Morgan fingerprint density at radius 2 is 0.823 bits per heavy atom. The maximum Gasteiger partial charge on any atom is 0.0619 e. The highest BCUT2D eigenvalue weighted by molar-refractivity contribution is 6.20. The van der Waals surface area contributed by atoms with Crippen molar-refractivity contribution in [3.05, 3.63) is 218 Å². The summed E-state index contributed by atoms with van der Waals surface area (Å²) < 4.78 is 4.89. The first-order valence-electron chi connectivity index (χ1n) is 21.5. The van der Waals surface area contributed by atoms with Gasteiger partial charge in [-0.3, -0.25) is 0 Å². The Bertz CT molecular complexity index is 4010. The lowest BCUT2D eigenvalue weighted by atomic mass is 9.96. The predicted octanol–water partition coefficient (Wildman–Crippen LogP) is 16.3. The molecular formula is C60H36N2. The molecule has 2 heterocycles. The van der Waals surface area contributed by atoms with E-state index in [0.717, 1.165) is 5.69 Å². The zero-order chi connectivity index (χ0) is 40.5. The van der Waals surface area contributed by atoms with Crippen molar-refractivity contribution in [1.29, 1.82) is 0 Å². The maximum atomic E-state index is 2.48. The Morgan fingerprint density at radius 3 is 1.61 bits per heavy atom. The molecule has 0 bridgehead atoms. The van der Waals surface area contributed by atoms with Gasteiger partial charge in [-0.25, -0.2) is 0 Å². The van der Waals surface area contributed by atoms with Crippen LogP contribution >= 0.6 is 0 Å². The Labute approximate surface area is 357 Å². The van der Waals surface area contributed by atoms with Gasteiger partial charge in [-0.1, -0.05) is 146 Å². The molecule has 0 atom stereocenters. The molecular weight excluding hydrogens is 749 g/mol. The van der Waals surface area contributed by atoms with Crippen molar-refractivity contribution in [3.63, 3.8) is 0 Å². The third-order valence-electron chi connectivity index (χ3n) is 13.6. The number of para-hydroxylation sites is 1. The molecule has 0 saturated carbocycles. The van der Waals surface area contributed by atoms with Crippen LogP contribution in [0, 0.1) is 0 Å². The van der Waals surface area contributed by atoms with Crippen LogP contribution in [0.3, 0.4) is 0 Å². The molecule has 0 fully saturated rings. The van der Waals surface area contributed by atoms with Crippen molar-refractivity contribution in [2.24, 2.45) is 0 Å². The maximum absolute atomic E-state index is 2.48. The summed E-state index contributed by atoms with van der Waals surface area (Å²) in [6, 6.07) is 81.1. The summed E-state index contributed by atoms with van der Waals surface area (Å²) in [7, 11) is 0. The summed E-state index contributed by atoms with van der Waals surface area (Å²) >= 11 is 0. The minimum Gasteiger partial charge on any atom is -0.309 e. The monoisotopic (exact) mass is 784 g/mol. The quantitative estimate of drug-likeness (QED) is 0.168. The Hall–Kier alpha value is -8.20. The molecule has 62 heavy (non-hydrogen) atoms. The van der Waals surface area contributed by atoms with Gasteiger partial charge in [-0.05, 0) is 144 Å². The number of hydrogen-bond acceptors (Lipinski definition) is 0. The fourth-order valence-corrected chi connectivity index (χ4v) is 10.8. The van der Waals surface area contributed by atoms with Crippen LogP contribution < -0.4 is 0 Å². The smallest absolute Gasteiger partial charge is 0.0619 e. The fourth-order valence-electron chi connectivity index (χ4n) is 10.8. The van der Waals surface area contributed by atoms with Gasteiger partial charge >= 0.3 is 0 Å². The van der Waals surface area contributed by atoms with Crippen molar-refractivity contribution in [2.45, 2.75) is 0 Å².